The Bertz CT molecular complexity index is 961. The molecule has 1 radical (unpaired) electrons. The zero-order valence-corrected chi connectivity index (χ0v) is 35.7. The van der Waals surface area contributed by atoms with E-state index in [9.17, 15) is 28.8 Å². The van der Waals surface area contributed by atoms with Crippen LogP contribution in [0.25, 0.3) is 0 Å². The molecule has 0 fully saturated rings. The number of carbonyl (C=O) groups excluding carboxylic acids is 6. The molecule has 0 aromatic rings. The van der Waals surface area contributed by atoms with Crippen LogP contribution in [0.3, 0.4) is 0 Å². The molecule has 0 amide bonds. The van der Waals surface area contributed by atoms with Crippen molar-refractivity contribution < 1.29 is 90.7 Å². The molecule has 7 N–H and O–H groups in total. The van der Waals surface area contributed by atoms with Gasteiger partial charge in [0.25, 0.3) is 0 Å². The average molecular weight is 797 g/mol. The molecule has 0 aromatic heterocycles. The summed E-state index contributed by atoms with van der Waals surface area (Å²) >= 11 is 0. The first-order chi connectivity index (χ1) is 21.2. The molecule has 0 aliphatic carbocycles. The Hall–Kier alpha value is -1.38. The second-order valence-corrected chi connectivity index (χ2v) is 16.8. The number of aliphatic hydroxyl groups excluding tert-OH is 4. The molecule has 0 bridgehead atoms. The van der Waals surface area contributed by atoms with Crippen molar-refractivity contribution in [1.82, 2.24) is 0 Å². The van der Waals surface area contributed by atoms with E-state index in [-0.39, 0.29) is 68.9 Å². The van der Waals surface area contributed by atoms with Crippen LogP contribution in [0.4, 0.5) is 0 Å². The monoisotopic (exact) mass is 795 g/mol. The first-order valence-electron chi connectivity index (χ1n) is 15.9. The van der Waals surface area contributed by atoms with Crippen LogP contribution >= 0.6 is 0 Å². The van der Waals surface area contributed by atoms with E-state index in [1.165, 1.54) is 41.5 Å². The van der Waals surface area contributed by atoms with Crippen LogP contribution < -0.4 is 0 Å². The predicted molar refractivity (Wildman–Crippen MR) is 182 cm³/mol. The predicted octanol–water partition coefficient (Wildman–Crippen LogP) is 5.85. The van der Waals surface area contributed by atoms with Gasteiger partial charge in [-0.3, -0.25) is 14.4 Å². The minimum atomic E-state index is -1.37. The number of rotatable bonds is 12. The third kappa shape index (κ3) is 23.2. The van der Waals surface area contributed by atoms with Crippen LogP contribution in [0.2, 0.25) is 0 Å². The van der Waals surface area contributed by atoms with Crippen LogP contribution in [0.15, 0.2) is 0 Å². The zero-order chi connectivity index (χ0) is 40.9. The van der Waals surface area contributed by atoms with Crippen LogP contribution in [-0.4, -0.2) is 76.5 Å². The Kier molecular flexibility index (Phi) is 26.2. The Morgan fingerprint density at radius 1 is 0.400 bits per heavy atom. The number of aliphatic hydroxyl groups is 7. The number of hydrogen-bond acceptors (Lipinski definition) is 13. The first-order valence-corrected chi connectivity index (χ1v) is 15.9. The van der Waals surface area contributed by atoms with Gasteiger partial charge in [-0.15, -0.1) is 0 Å². The largest absolute Gasteiger partial charge is 3.00 e. The van der Waals surface area contributed by atoms with Crippen molar-refractivity contribution in [1.29, 1.82) is 0 Å². The molecule has 0 atom stereocenters. The van der Waals surface area contributed by atoms with Gasteiger partial charge < -0.3 is 50.1 Å². The molecule has 291 valence electrons. The first kappa shape index (κ1) is 57.9. The molecule has 0 saturated heterocycles. The van der Waals surface area contributed by atoms with Gasteiger partial charge in [0.1, 0.15) is 34.7 Å². The van der Waals surface area contributed by atoms with Crippen molar-refractivity contribution in [3.8, 4) is 0 Å². The summed E-state index contributed by atoms with van der Waals surface area (Å²) in [5, 5.41) is 61.5. The fourth-order valence-corrected chi connectivity index (χ4v) is 2.27. The van der Waals surface area contributed by atoms with Crippen LogP contribution in [-0.2, 0) is 55.0 Å². The molecular formula is C36H65O13Zr. The van der Waals surface area contributed by atoms with E-state index in [0.29, 0.717) is 0 Å². The van der Waals surface area contributed by atoms with Gasteiger partial charge in [0, 0.05) is 22.3 Å². The molecule has 0 spiro atoms. The fourth-order valence-electron chi connectivity index (χ4n) is 2.27. The van der Waals surface area contributed by atoms with E-state index in [4.69, 9.17) is 35.7 Å². The van der Waals surface area contributed by atoms with Crippen molar-refractivity contribution >= 4 is 34.7 Å². The van der Waals surface area contributed by atoms with Gasteiger partial charge >= 0.3 is 26.2 Å². The maximum atomic E-state index is 11.6. The fraction of sp³-hybridized carbons (Fsp3) is 0.750. The van der Waals surface area contributed by atoms with Gasteiger partial charge in [0.05, 0.1) is 19.3 Å². The molecule has 0 aliphatic rings. The summed E-state index contributed by atoms with van der Waals surface area (Å²) in [5.74, 6) is -2.07. The quantitative estimate of drug-likeness (QED) is 0.0907. The Morgan fingerprint density at radius 2 is 0.520 bits per heavy atom. The van der Waals surface area contributed by atoms with Crippen molar-refractivity contribution in [2.45, 2.75) is 143 Å². The van der Waals surface area contributed by atoms with E-state index in [2.05, 4.69) is 0 Å². The summed E-state index contributed by atoms with van der Waals surface area (Å²) in [5.41, 5.74) is -5.88. The Balaban J connectivity index is -0.000000190. The molecular weight excluding hydrogens is 732 g/mol. The van der Waals surface area contributed by atoms with Gasteiger partial charge in [0.2, 0.25) is 0 Å². The van der Waals surface area contributed by atoms with Gasteiger partial charge in [-0.25, -0.2) is 0 Å². The molecule has 13 nitrogen and oxygen atoms in total. The standard InChI is InChI=1S/3C11H19O4.C3H8O.Zr/c3*1-10(2,3)7(12)6-8(13)11(4,5)9(14)15;1-3(2)4;/h3*14-15H,6H2,1-5H3;3-4H,1-2H3;/q3*-1;;+3. The summed E-state index contributed by atoms with van der Waals surface area (Å²) in [4.78, 5) is 69.5. The summed E-state index contributed by atoms with van der Waals surface area (Å²) in [6, 6.07) is 0. The third-order valence-electron chi connectivity index (χ3n) is 7.24. The summed E-state index contributed by atoms with van der Waals surface area (Å²) in [6.45, 7) is 27.2. The van der Waals surface area contributed by atoms with Gasteiger partial charge in [-0.05, 0) is 13.8 Å². The van der Waals surface area contributed by atoms with Gasteiger partial charge in [-0.2, -0.15) is 0 Å². The van der Waals surface area contributed by atoms with Crippen molar-refractivity contribution in [3.05, 3.63) is 18.9 Å². The molecule has 0 rings (SSSR count). The van der Waals surface area contributed by atoms with Crippen molar-refractivity contribution in [3.63, 3.8) is 0 Å². The molecule has 14 heteroatoms. The molecule has 0 aromatic carbocycles. The van der Waals surface area contributed by atoms with E-state index < -0.39 is 68.7 Å². The normalized spacial score (nSPS) is 12.5. The maximum absolute atomic E-state index is 11.6. The topological polar surface area (TPSA) is 244 Å². The average Bonchev–Trinajstić information content (AvgIpc) is 2.86. The van der Waals surface area contributed by atoms with Crippen LogP contribution in [0, 0.1) is 51.4 Å². The molecule has 0 saturated carbocycles. The van der Waals surface area contributed by atoms with E-state index in [1.54, 1.807) is 76.2 Å². The van der Waals surface area contributed by atoms with Crippen molar-refractivity contribution in [2.75, 3.05) is 0 Å². The van der Waals surface area contributed by atoms with Crippen LogP contribution in [0.1, 0.15) is 137 Å². The minimum Gasteiger partial charge on any atom is -0.535 e. The van der Waals surface area contributed by atoms with Crippen LogP contribution in [0.5, 0.6) is 0 Å². The van der Waals surface area contributed by atoms with E-state index in [0.717, 1.165) is 0 Å². The Labute approximate surface area is 318 Å². The molecule has 0 aliphatic heterocycles. The smallest absolute Gasteiger partial charge is 0.535 e. The second-order valence-electron chi connectivity index (χ2n) is 16.8. The van der Waals surface area contributed by atoms with Crippen molar-refractivity contribution in [2.24, 2.45) is 32.5 Å². The molecule has 50 heavy (non-hydrogen) atoms. The Morgan fingerprint density at radius 3 is 0.600 bits per heavy atom. The summed E-state index contributed by atoms with van der Waals surface area (Å²) in [7, 11) is 0. The molecule has 0 heterocycles. The second kappa shape index (κ2) is 22.6. The minimum absolute atomic E-state index is 0. The third-order valence-corrected chi connectivity index (χ3v) is 7.24. The number of Topliss-reactive ketones (excluding diaryl/α,β-unsaturated/α-hetero) is 6. The van der Waals surface area contributed by atoms with E-state index >= 15 is 0 Å². The van der Waals surface area contributed by atoms with Gasteiger partial charge in [0.15, 0.2) is 0 Å². The number of ketones is 6. The molecule has 0 unspecified atom stereocenters. The summed E-state index contributed by atoms with van der Waals surface area (Å²) in [6.07, 6.45) is -3.85. The van der Waals surface area contributed by atoms with Gasteiger partial charge in [-0.1, -0.05) is 139 Å². The maximum Gasteiger partial charge on any atom is 3.00 e. The SMILES string of the molecule is CC(C)(C)C(=O)CC(=O)C(C)(C)[C-](O)O.CC(C)(C)C(=O)CC(=O)C(C)(C)[C-](O)O.CC(C)(C)C(=O)CC(=O)C(C)(C)[C-](O)O.CC(C)O.[Zr+3]. The summed E-state index contributed by atoms with van der Waals surface area (Å²) < 4.78 is 0. The number of hydrogen-bond donors (Lipinski definition) is 7. The van der Waals surface area contributed by atoms with E-state index in [1.807, 2.05) is 0 Å². The number of carbonyl (C=O) groups is 6. The zero-order valence-electron chi connectivity index (χ0n) is 33.3.